The molecule has 3 aromatic carbocycles. The zero-order chi connectivity index (χ0) is 35.0. The Morgan fingerprint density at radius 3 is 2.18 bits per heavy atom. The van der Waals surface area contributed by atoms with Crippen LogP contribution in [0.1, 0.15) is 35.6 Å². The van der Waals surface area contributed by atoms with Crippen LogP contribution < -0.4 is 15.0 Å². The van der Waals surface area contributed by atoms with E-state index in [0.29, 0.717) is 39.2 Å². The van der Waals surface area contributed by atoms with Gasteiger partial charge in [-0.3, -0.25) is 4.79 Å². The molecule has 13 heteroatoms. The summed E-state index contributed by atoms with van der Waals surface area (Å²) in [5, 5.41) is 0.709. The van der Waals surface area contributed by atoms with Crippen LogP contribution >= 0.6 is 0 Å². The fourth-order valence-electron chi connectivity index (χ4n) is 6.20. The SMILES string of the molecule is CC[C@@]1(OC(=O)COc2ccc(F)cc2)C(=O)OCc2c1cc1n(c2=O)Cc2c-1nc1ccccc1c2COC(=O)COc1ccc(F)cc1. The normalized spacial score (nSPS) is 15.8. The number of halogens is 2. The average molecular weight is 683 g/mol. The summed E-state index contributed by atoms with van der Waals surface area (Å²) in [7, 11) is 0. The third-order valence-corrected chi connectivity index (χ3v) is 8.69. The van der Waals surface area contributed by atoms with Gasteiger partial charge in [-0.25, -0.2) is 28.1 Å². The summed E-state index contributed by atoms with van der Waals surface area (Å²) in [6.07, 6.45) is -0.0524. The number of carbonyl (C=O) groups is 3. The number of ether oxygens (including phenoxy) is 5. The maximum absolute atomic E-state index is 14.0. The van der Waals surface area contributed by atoms with Gasteiger partial charge in [-0.15, -0.1) is 0 Å². The van der Waals surface area contributed by atoms with Crippen molar-refractivity contribution in [2.75, 3.05) is 13.2 Å². The van der Waals surface area contributed by atoms with E-state index in [2.05, 4.69) is 0 Å². The minimum Gasteiger partial charge on any atom is -0.482 e. The highest BCUT2D eigenvalue weighted by molar-refractivity contribution is 5.90. The van der Waals surface area contributed by atoms with Crippen molar-refractivity contribution in [1.82, 2.24) is 9.55 Å². The molecular weight excluding hydrogens is 654 g/mol. The Kier molecular flexibility index (Phi) is 8.48. The van der Waals surface area contributed by atoms with Crippen LogP contribution in [0.5, 0.6) is 11.5 Å². The second kappa shape index (κ2) is 13.1. The molecule has 254 valence electrons. The van der Waals surface area contributed by atoms with Crippen LogP contribution in [0.2, 0.25) is 0 Å². The van der Waals surface area contributed by atoms with E-state index in [1.807, 2.05) is 12.1 Å². The molecule has 1 atom stereocenters. The lowest BCUT2D eigenvalue weighted by Gasteiger charge is -2.35. The third-order valence-electron chi connectivity index (χ3n) is 8.69. The standard InChI is InChI=1S/C37H28F2N2O9/c1-2-37(50-33(43)20-47-24-13-9-22(39)10-14-24)29-15-31-34-26(16-41(31)35(44)28(29)18-49-36(37)45)27(25-5-3-4-6-30(25)40-34)17-48-32(42)19-46-23-11-7-21(38)8-12-23/h3-15H,2,16-20H2,1H3/t37-/m0/s1. The summed E-state index contributed by atoms with van der Waals surface area (Å²) in [5.74, 6) is -2.81. The predicted octanol–water partition coefficient (Wildman–Crippen LogP) is 5.11. The predicted molar refractivity (Wildman–Crippen MR) is 172 cm³/mol. The van der Waals surface area contributed by atoms with Crippen molar-refractivity contribution in [1.29, 1.82) is 0 Å². The minimum absolute atomic E-state index is 0.0524. The van der Waals surface area contributed by atoms with Crippen LogP contribution in [0.3, 0.4) is 0 Å². The number of fused-ring (bicyclic) bond motifs is 5. The highest BCUT2D eigenvalue weighted by Crippen LogP contribution is 2.42. The lowest BCUT2D eigenvalue weighted by atomic mass is 9.85. The molecule has 11 nitrogen and oxygen atoms in total. The first-order chi connectivity index (χ1) is 24.2. The quantitative estimate of drug-likeness (QED) is 0.142. The second-order valence-electron chi connectivity index (χ2n) is 11.6. The molecule has 0 amide bonds. The molecule has 0 bridgehead atoms. The number of carbonyl (C=O) groups excluding carboxylic acids is 3. The average Bonchev–Trinajstić information content (AvgIpc) is 3.49. The van der Waals surface area contributed by atoms with Crippen LogP contribution in [-0.2, 0) is 54.0 Å². The molecule has 5 aromatic rings. The fourth-order valence-corrected chi connectivity index (χ4v) is 6.20. The maximum Gasteiger partial charge on any atom is 0.355 e. The van der Waals surface area contributed by atoms with Gasteiger partial charge in [0.05, 0.1) is 29.0 Å². The fraction of sp³-hybridized carbons (Fsp3) is 0.216. The van der Waals surface area contributed by atoms with Gasteiger partial charge >= 0.3 is 17.9 Å². The van der Waals surface area contributed by atoms with Crippen LogP contribution in [0.4, 0.5) is 8.78 Å². The van der Waals surface area contributed by atoms with E-state index in [0.717, 1.165) is 0 Å². The smallest absolute Gasteiger partial charge is 0.355 e. The monoisotopic (exact) mass is 682 g/mol. The number of esters is 3. The first-order valence-electron chi connectivity index (χ1n) is 15.7. The molecule has 2 aliphatic heterocycles. The van der Waals surface area contributed by atoms with Gasteiger partial charge in [0.25, 0.3) is 5.56 Å². The molecule has 0 radical (unpaired) electrons. The summed E-state index contributed by atoms with van der Waals surface area (Å²) >= 11 is 0. The lowest BCUT2D eigenvalue weighted by Crippen LogP contribution is -2.48. The Hall–Kier alpha value is -6.11. The maximum atomic E-state index is 14.0. The van der Waals surface area contributed by atoms with Gasteiger partial charge < -0.3 is 28.3 Å². The van der Waals surface area contributed by atoms with E-state index < -0.39 is 53.9 Å². The number of aromatic nitrogens is 2. The number of pyridine rings is 2. The first-order valence-corrected chi connectivity index (χ1v) is 15.7. The van der Waals surface area contributed by atoms with Gasteiger partial charge in [0.15, 0.2) is 13.2 Å². The van der Waals surface area contributed by atoms with E-state index in [1.54, 1.807) is 25.1 Å². The number of hydrogen-bond acceptors (Lipinski definition) is 10. The van der Waals surface area contributed by atoms with Gasteiger partial charge in [0, 0.05) is 22.1 Å². The first kappa shape index (κ1) is 32.4. The Labute approximate surface area is 282 Å². The summed E-state index contributed by atoms with van der Waals surface area (Å²) in [4.78, 5) is 58.0. The van der Waals surface area contributed by atoms with E-state index in [-0.39, 0.29) is 43.1 Å². The van der Waals surface area contributed by atoms with Crippen molar-refractivity contribution in [2.24, 2.45) is 0 Å². The van der Waals surface area contributed by atoms with E-state index in [4.69, 9.17) is 28.7 Å². The van der Waals surface area contributed by atoms with Crippen molar-refractivity contribution in [2.45, 2.75) is 38.7 Å². The zero-order valence-electron chi connectivity index (χ0n) is 26.6. The molecule has 0 unspecified atom stereocenters. The highest BCUT2D eigenvalue weighted by Gasteiger charge is 2.50. The van der Waals surface area contributed by atoms with Crippen molar-refractivity contribution >= 4 is 28.8 Å². The van der Waals surface area contributed by atoms with Crippen LogP contribution in [0, 0.1) is 11.6 Å². The molecule has 2 aliphatic rings. The molecule has 0 saturated carbocycles. The second-order valence-corrected chi connectivity index (χ2v) is 11.6. The highest BCUT2D eigenvalue weighted by atomic mass is 19.1. The van der Waals surface area contributed by atoms with E-state index >= 15 is 0 Å². The molecule has 0 N–H and O–H groups in total. The van der Waals surface area contributed by atoms with Crippen molar-refractivity contribution in [3.05, 3.63) is 123 Å². The Morgan fingerprint density at radius 1 is 0.880 bits per heavy atom. The molecular formula is C37H28F2N2O9. The van der Waals surface area contributed by atoms with Gasteiger partial charge in [0.2, 0.25) is 5.60 Å². The summed E-state index contributed by atoms with van der Waals surface area (Å²) in [6, 6.07) is 19.1. The number of hydrogen-bond donors (Lipinski definition) is 0. The third kappa shape index (κ3) is 5.91. The topological polar surface area (TPSA) is 132 Å². The largest absolute Gasteiger partial charge is 0.482 e. The summed E-state index contributed by atoms with van der Waals surface area (Å²) in [6.45, 7) is 0.221. The molecule has 2 aromatic heterocycles. The summed E-state index contributed by atoms with van der Waals surface area (Å²) in [5.41, 5.74) is 0.563. The van der Waals surface area contributed by atoms with E-state index in [1.165, 1.54) is 53.1 Å². The molecule has 4 heterocycles. The summed E-state index contributed by atoms with van der Waals surface area (Å²) < 4.78 is 55.6. The minimum atomic E-state index is -1.95. The Morgan fingerprint density at radius 2 is 1.52 bits per heavy atom. The van der Waals surface area contributed by atoms with Gasteiger partial charge in [0.1, 0.15) is 36.3 Å². The van der Waals surface area contributed by atoms with Crippen LogP contribution in [0.25, 0.3) is 22.3 Å². The Balaban J connectivity index is 1.20. The number of cyclic esters (lactones) is 1. The zero-order valence-corrected chi connectivity index (χ0v) is 26.6. The van der Waals surface area contributed by atoms with Crippen LogP contribution in [-0.4, -0.2) is 40.7 Å². The van der Waals surface area contributed by atoms with Gasteiger partial charge in [-0.1, -0.05) is 25.1 Å². The van der Waals surface area contributed by atoms with E-state index in [9.17, 15) is 28.0 Å². The number of rotatable bonds is 10. The van der Waals surface area contributed by atoms with Crippen molar-refractivity contribution in [3.63, 3.8) is 0 Å². The molecule has 7 rings (SSSR count). The molecule has 0 aliphatic carbocycles. The number of benzene rings is 3. The molecule has 0 fully saturated rings. The van der Waals surface area contributed by atoms with Gasteiger partial charge in [-0.05, 0) is 67.1 Å². The molecule has 0 saturated heterocycles. The Bertz CT molecular complexity index is 2220. The lowest BCUT2D eigenvalue weighted by molar-refractivity contribution is -0.190. The number of para-hydroxylation sites is 1. The molecule has 50 heavy (non-hydrogen) atoms. The van der Waals surface area contributed by atoms with Crippen molar-refractivity contribution in [3.8, 4) is 22.9 Å². The number of nitrogens with zero attached hydrogens (tertiary/aromatic N) is 2. The van der Waals surface area contributed by atoms with Gasteiger partial charge in [-0.2, -0.15) is 0 Å². The molecule has 0 spiro atoms. The van der Waals surface area contributed by atoms with Crippen LogP contribution in [0.15, 0.2) is 83.7 Å². The van der Waals surface area contributed by atoms with Crippen molar-refractivity contribution < 1.29 is 46.8 Å².